The van der Waals surface area contributed by atoms with Crippen LogP contribution in [0.1, 0.15) is 26.7 Å². The number of hydrogen-bond donors (Lipinski definition) is 3. The number of rotatable bonds is 10. The van der Waals surface area contributed by atoms with Crippen molar-refractivity contribution in [2.75, 3.05) is 26.9 Å². The van der Waals surface area contributed by atoms with Gasteiger partial charge in [-0.2, -0.15) is 0 Å². The van der Waals surface area contributed by atoms with Crippen molar-refractivity contribution in [2.45, 2.75) is 38.8 Å². The van der Waals surface area contributed by atoms with Crippen molar-refractivity contribution in [3.63, 3.8) is 0 Å². The molecule has 0 spiro atoms. The smallest absolute Gasteiger partial charge is 0.326 e. The topological polar surface area (TPSA) is 96.9 Å². The summed E-state index contributed by atoms with van der Waals surface area (Å²) in [5, 5.41) is 14.0. The Morgan fingerprint density at radius 3 is 2.53 bits per heavy atom. The van der Waals surface area contributed by atoms with Crippen LogP contribution in [0.25, 0.3) is 0 Å². The van der Waals surface area contributed by atoms with E-state index < -0.39 is 18.0 Å². The van der Waals surface area contributed by atoms with Crippen LogP contribution in [0.2, 0.25) is 0 Å². The highest BCUT2D eigenvalue weighted by atomic mass is 16.5. The third-order valence-electron chi connectivity index (χ3n) is 2.39. The molecule has 0 fully saturated rings. The maximum atomic E-state index is 11.6. The van der Waals surface area contributed by atoms with Gasteiger partial charge < -0.3 is 25.2 Å². The van der Waals surface area contributed by atoms with Crippen molar-refractivity contribution < 1.29 is 24.2 Å². The van der Waals surface area contributed by atoms with E-state index in [1.807, 2.05) is 6.92 Å². The van der Waals surface area contributed by atoms with E-state index in [1.165, 1.54) is 0 Å². The number of urea groups is 1. The van der Waals surface area contributed by atoms with Gasteiger partial charge in [0.2, 0.25) is 0 Å². The SMILES string of the molecule is CCOCC(C)NC(=O)NC(CCCOC)C(=O)O. The largest absolute Gasteiger partial charge is 0.480 e. The zero-order chi connectivity index (χ0) is 14.7. The lowest BCUT2D eigenvalue weighted by atomic mass is 10.1. The van der Waals surface area contributed by atoms with E-state index >= 15 is 0 Å². The lowest BCUT2D eigenvalue weighted by Gasteiger charge is -2.18. The first-order chi connectivity index (χ1) is 9.01. The van der Waals surface area contributed by atoms with E-state index in [9.17, 15) is 9.59 Å². The number of ether oxygens (including phenoxy) is 2. The Labute approximate surface area is 113 Å². The molecule has 0 bridgehead atoms. The number of methoxy groups -OCH3 is 1. The molecule has 0 aliphatic carbocycles. The Bertz CT molecular complexity index is 273. The van der Waals surface area contributed by atoms with Crippen LogP contribution in [0.5, 0.6) is 0 Å². The molecule has 2 atom stereocenters. The van der Waals surface area contributed by atoms with Crippen molar-refractivity contribution in [1.82, 2.24) is 10.6 Å². The van der Waals surface area contributed by atoms with Crippen molar-refractivity contribution in [3.05, 3.63) is 0 Å². The van der Waals surface area contributed by atoms with Crippen LogP contribution < -0.4 is 10.6 Å². The van der Waals surface area contributed by atoms with Gasteiger partial charge in [0.15, 0.2) is 0 Å². The molecule has 2 unspecified atom stereocenters. The highest BCUT2D eigenvalue weighted by Gasteiger charge is 2.20. The minimum atomic E-state index is -1.05. The van der Waals surface area contributed by atoms with E-state index in [0.717, 1.165) is 0 Å². The van der Waals surface area contributed by atoms with E-state index in [-0.39, 0.29) is 6.04 Å². The summed E-state index contributed by atoms with van der Waals surface area (Å²) < 4.78 is 10.0. The van der Waals surface area contributed by atoms with Gasteiger partial charge >= 0.3 is 12.0 Å². The lowest BCUT2D eigenvalue weighted by molar-refractivity contribution is -0.139. The van der Waals surface area contributed by atoms with Crippen LogP contribution in [0, 0.1) is 0 Å². The van der Waals surface area contributed by atoms with Gasteiger partial charge in [-0.3, -0.25) is 0 Å². The molecule has 0 aliphatic heterocycles. The van der Waals surface area contributed by atoms with Crippen LogP contribution in [-0.4, -0.2) is 56.1 Å². The van der Waals surface area contributed by atoms with Crippen molar-refractivity contribution in [3.8, 4) is 0 Å². The third kappa shape index (κ3) is 9.26. The van der Waals surface area contributed by atoms with Gasteiger partial charge in [0.25, 0.3) is 0 Å². The fourth-order valence-corrected chi connectivity index (χ4v) is 1.45. The minimum absolute atomic E-state index is 0.173. The molecule has 0 aromatic carbocycles. The number of nitrogens with one attached hydrogen (secondary N) is 2. The maximum absolute atomic E-state index is 11.6. The second-order valence-electron chi connectivity index (χ2n) is 4.20. The Balaban J connectivity index is 4.05. The standard InChI is InChI=1S/C12H24N2O5/c1-4-19-8-9(2)13-12(17)14-10(11(15)16)6-5-7-18-3/h9-10H,4-8H2,1-3H3,(H,15,16)(H2,13,14,17). The summed E-state index contributed by atoms with van der Waals surface area (Å²) in [6.45, 7) is 5.08. The van der Waals surface area contributed by atoms with E-state index in [1.54, 1.807) is 14.0 Å². The van der Waals surface area contributed by atoms with Gasteiger partial charge in [-0.05, 0) is 26.7 Å². The van der Waals surface area contributed by atoms with Gasteiger partial charge in [-0.25, -0.2) is 9.59 Å². The highest BCUT2D eigenvalue weighted by molar-refractivity contribution is 5.82. The predicted molar refractivity (Wildman–Crippen MR) is 70.2 cm³/mol. The highest BCUT2D eigenvalue weighted by Crippen LogP contribution is 1.98. The van der Waals surface area contributed by atoms with Crippen LogP contribution >= 0.6 is 0 Å². The van der Waals surface area contributed by atoms with Gasteiger partial charge in [-0.1, -0.05) is 0 Å². The Morgan fingerprint density at radius 2 is 2.00 bits per heavy atom. The minimum Gasteiger partial charge on any atom is -0.480 e. The van der Waals surface area contributed by atoms with Crippen molar-refractivity contribution in [2.24, 2.45) is 0 Å². The number of carboxylic acid groups (broad SMARTS) is 1. The Morgan fingerprint density at radius 1 is 1.32 bits per heavy atom. The van der Waals surface area contributed by atoms with Gasteiger partial charge in [0.1, 0.15) is 6.04 Å². The van der Waals surface area contributed by atoms with Crippen molar-refractivity contribution >= 4 is 12.0 Å². The predicted octanol–water partition coefficient (Wildman–Crippen LogP) is 0.590. The van der Waals surface area contributed by atoms with Crippen LogP contribution in [0.4, 0.5) is 4.79 Å². The Hall–Kier alpha value is -1.34. The average Bonchev–Trinajstić information content (AvgIpc) is 2.35. The number of hydrogen-bond acceptors (Lipinski definition) is 4. The summed E-state index contributed by atoms with van der Waals surface area (Å²) in [6.07, 6.45) is 0.901. The maximum Gasteiger partial charge on any atom is 0.326 e. The monoisotopic (exact) mass is 276 g/mol. The summed E-state index contributed by atoms with van der Waals surface area (Å²) >= 11 is 0. The number of carbonyl (C=O) groups is 2. The first-order valence-electron chi connectivity index (χ1n) is 6.37. The zero-order valence-corrected chi connectivity index (χ0v) is 11.8. The quantitative estimate of drug-likeness (QED) is 0.507. The molecule has 0 aromatic rings. The van der Waals surface area contributed by atoms with Gasteiger partial charge in [0, 0.05) is 20.3 Å². The molecule has 0 rings (SSSR count). The first kappa shape index (κ1) is 17.7. The summed E-state index contributed by atoms with van der Waals surface area (Å²) in [6, 6.07) is -1.58. The second-order valence-corrected chi connectivity index (χ2v) is 4.20. The van der Waals surface area contributed by atoms with E-state index in [4.69, 9.17) is 14.6 Å². The third-order valence-corrected chi connectivity index (χ3v) is 2.39. The summed E-state index contributed by atoms with van der Waals surface area (Å²) in [4.78, 5) is 22.6. The molecular weight excluding hydrogens is 252 g/mol. The lowest BCUT2D eigenvalue weighted by Crippen LogP contribution is -2.49. The fourth-order valence-electron chi connectivity index (χ4n) is 1.45. The second kappa shape index (κ2) is 10.6. The molecule has 7 nitrogen and oxygen atoms in total. The number of amides is 2. The molecule has 0 aliphatic rings. The molecule has 2 amide bonds. The van der Waals surface area contributed by atoms with E-state index in [2.05, 4.69) is 10.6 Å². The Kier molecular flexibility index (Phi) is 9.82. The molecule has 0 aromatic heterocycles. The molecule has 0 radical (unpaired) electrons. The van der Waals surface area contributed by atoms with Crippen LogP contribution in [0.15, 0.2) is 0 Å². The van der Waals surface area contributed by atoms with Crippen molar-refractivity contribution in [1.29, 1.82) is 0 Å². The molecule has 19 heavy (non-hydrogen) atoms. The molecule has 3 N–H and O–H groups in total. The molecule has 112 valence electrons. The van der Waals surface area contributed by atoms with Crippen LogP contribution in [-0.2, 0) is 14.3 Å². The molecule has 7 heteroatoms. The normalized spacial score (nSPS) is 13.6. The first-order valence-corrected chi connectivity index (χ1v) is 6.37. The number of aliphatic carboxylic acids is 1. The fraction of sp³-hybridized carbons (Fsp3) is 0.833. The number of carboxylic acids is 1. The molecule has 0 saturated carbocycles. The zero-order valence-electron chi connectivity index (χ0n) is 11.8. The summed E-state index contributed by atoms with van der Waals surface area (Å²) in [5.74, 6) is -1.05. The van der Waals surface area contributed by atoms with Gasteiger partial charge in [-0.15, -0.1) is 0 Å². The average molecular weight is 276 g/mol. The summed E-state index contributed by atoms with van der Waals surface area (Å²) in [5.41, 5.74) is 0. The molecule has 0 heterocycles. The summed E-state index contributed by atoms with van der Waals surface area (Å²) in [7, 11) is 1.55. The van der Waals surface area contributed by atoms with E-state index in [0.29, 0.717) is 32.7 Å². The van der Waals surface area contributed by atoms with Crippen LogP contribution in [0.3, 0.4) is 0 Å². The number of carbonyl (C=O) groups excluding carboxylic acids is 1. The van der Waals surface area contributed by atoms with Gasteiger partial charge in [0.05, 0.1) is 12.6 Å². The molecular formula is C12H24N2O5. The molecule has 0 saturated heterocycles.